The predicted molar refractivity (Wildman–Crippen MR) is 97.9 cm³/mol. The van der Waals surface area contributed by atoms with E-state index in [0.717, 1.165) is 39.4 Å². The highest BCUT2D eigenvalue weighted by Gasteiger charge is 2.13. The van der Waals surface area contributed by atoms with Crippen molar-refractivity contribution in [1.29, 1.82) is 0 Å². The number of rotatable bonds is 9. The van der Waals surface area contributed by atoms with Crippen LogP contribution in [0.4, 0.5) is 5.69 Å². The lowest BCUT2D eigenvalue weighted by Crippen LogP contribution is -2.40. The van der Waals surface area contributed by atoms with Crippen molar-refractivity contribution in [3.05, 3.63) is 17.2 Å². The maximum atomic E-state index is 12.1. The maximum absolute atomic E-state index is 12.1. The Hall–Kier alpha value is -1.54. The molecule has 1 amide bonds. The summed E-state index contributed by atoms with van der Waals surface area (Å²) in [6.07, 6.45) is 0.372. The van der Waals surface area contributed by atoms with Crippen LogP contribution in [-0.2, 0) is 9.53 Å². The lowest BCUT2D eigenvalue weighted by atomic mass is 10.2. The van der Waals surface area contributed by atoms with Gasteiger partial charge in [0.15, 0.2) is 0 Å². The highest BCUT2D eigenvalue weighted by atomic mass is 35.5. The molecule has 0 aromatic heterocycles. The summed E-state index contributed by atoms with van der Waals surface area (Å²) in [5.41, 5.74) is 0.544. The molecule has 1 fully saturated rings. The van der Waals surface area contributed by atoms with E-state index in [1.807, 2.05) is 0 Å². The minimum Gasteiger partial charge on any atom is -0.495 e. The molecule has 0 saturated carbocycles. The zero-order valence-corrected chi connectivity index (χ0v) is 15.5. The molecular formula is C17H26ClN3O4. The highest BCUT2D eigenvalue weighted by Crippen LogP contribution is 2.35. The molecule has 1 aromatic carbocycles. The van der Waals surface area contributed by atoms with Crippen molar-refractivity contribution in [2.75, 3.05) is 65.5 Å². The van der Waals surface area contributed by atoms with E-state index >= 15 is 0 Å². The first-order chi connectivity index (χ1) is 12.1. The Morgan fingerprint density at radius 3 is 2.60 bits per heavy atom. The Bertz CT molecular complexity index is 565. The van der Waals surface area contributed by atoms with Crippen molar-refractivity contribution in [3.8, 4) is 11.5 Å². The smallest absolute Gasteiger partial charge is 0.225 e. The Morgan fingerprint density at radius 2 is 1.92 bits per heavy atom. The van der Waals surface area contributed by atoms with Crippen LogP contribution in [0.5, 0.6) is 11.5 Å². The van der Waals surface area contributed by atoms with Gasteiger partial charge in [0.05, 0.1) is 38.1 Å². The van der Waals surface area contributed by atoms with Crippen LogP contribution in [0, 0.1) is 0 Å². The van der Waals surface area contributed by atoms with Crippen LogP contribution >= 0.6 is 11.6 Å². The summed E-state index contributed by atoms with van der Waals surface area (Å²) in [7, 11) is 3.05. The quantitative estimate of drug-likeness (QED) is 0.642. The van der Waals surface area contributed by atoms with Gasteiger partial charge in [-0.25, -0.2) is 0 Å². The monoisotopic (exact) mass is 371 g/mol. The molecule has 2 N–H and O–H groups in total. The summed E-state index contributed by atoms with van der Waals surface area (Å²) >= 11 is 6.06. The average molecular weight is 372 g/mol. The van der Waals surface area contributed by atoms with Gasteiger partial charge in [-0.05, 0) is 0 Å². The molecule has 0 atom stereocenters. The van der Waals surface area contributed by atoms with Crippen LogP contribution < -0.4 is 20.1 Å². The molecule has 0 unspecified atom stereocenters. The van der Waals surface area contributed by atoms with Gasteiger partial charge in [0, 0.05) is 51.3 Å². The van der Waals surface area contributed by atoms with E-state index in [-0.39, 0.29) is 5.91 Å². The van der Waals surface area contributed by atoms with Gasteiger partial charge in [-0.1, -0.05) is 11.6 Å². The molecule has 0 bridgehead atoms. The number of halogens is 1. The van der Waals surface area contributed by atoms with Gasteiger partial charge in [-0.15, -0.1) is 0 Å². The summed E-state index contributed by atoms with van der Waals surface area (Å²) in [5.74, 6) is 0.891. The van der Waals surface area contributed by atoms with Crippen LogP contribution in [0.15, 0.2) is 12.1 Å². The van der Waals surface area contributed by atoms with E-state index in [1.165, 1.54) is 14.2 Å². The standard InChI is InChI=1S/C17H26ClN3O4/c1-23-15-12-14(16(24-2)11-13(15)18)20-17(22)3-4-19-5-6-21-7-9-25-10-8-21/h11-12,19H,3-10H2,1-2H3,(H,20,22). The maximum Gasteiger partial charge on any atom is 0.225 e. The molecule has 7 nitrogen and oxygen atoms in total. The van der Waals surface area contributed by atoms with Crippen molar-refractivity contribution < 1.29 is 19.0 Å². The average Bonchev–Trinajstić information content (AvgIpc) is 2.63. The number of carbonyl (C=O) groups is 1. The Morgan fingerprint density at radius 1 is 1.20 bits per heavy atom. The van der Waals surface area contributed by atoms with E-state index in [4.69, 9.17) is 25.8 Å². The number of anilines is 1. The van der Waals surface area contributed by atoms with Gasteiger partial charge in [0.2, 0.25) is 5.91 Å². The number of nitrogens with zero attached hydrogens (tertiary/aromatic N) is 1. The van der Waals surface area contributed by atoms with Crippen LogP contribution in [0.3, 0.4) is 0 Å². The minimum absolute atomic E-state index is 0.0958. The Kier molecular flexibility index (Phi) is 8.27. The van der Waals surface area contributed by atoms with Crippen LogP contribution in [0.2, 0.25) is 5.02 Å². The summed E-state index contributed by atoms with van der Waals surface area (Å²) in [6, 6.07) is 3.28. The second kappa shape index (κ2) is 10.5. The van der Waals surface area contributed by atoms with E-state index in [0.29, 0.717) is 35.2 Å². The van der Waals surface area contributed by atoms with E-state index in [2.05, 4.69) is 15.5 Å². The molecule has 0 aliphatic carbocycles. The third kappa shape index (κ3) is 6.36. The predicted octanol–water partition coefficient (Wildman–Crippen LogP) is 1.61. The number of nitrogens with one attached hydrogen (secondary N) is 2. The molecule has 1 aliphatic heterocycles. The first kappa shape index (κ1) is 19.8. The van der Waals surface area contributed by atoms with Crippen molar-refractivity contribution in [3.63, 3.8) is 0 Å². The van der Waals surface area contributed by atoms with Crippen molar-refractivity contribution in [1.82, 2.24) is 10.2 Å². The molecule has 1 aliphatic rings. The molecule has 8 heteroatoms. The lowest BCUT2D eigenvalue weighted by molar-refractivity contribution is -0.116. The largest absolute Gasteiger partial charge is 0.495 e. The van der Waals surface area contributed by atoms with Gasteiger partial charge in [-0.3, -0.25) is 9.69 Å². The number of ether oxygens (including phenoxy) is 3. The van der Waals surface area contributed by atoms with Gasteiger partial charge in [0.1, 0.15) is 11.5 Å². The van der Waals surface area contributed by atoms with Gasteiger partial charge < -0.3 is 24.8 Å². The summed E-state index contributed by atoms with van der Waals surface area (Å²) in [5, 5.41) is 6.56. The fourth-order valence-corrected chi connectivity index (χ4v) is 2.79. The number of benzene rings is 1. The molecule has 140 valence electrons. The number of hydrogen-bond donors (Lipinski definition) is 2. The Labute approximate surface area is 153 Å². The molecule has 2 rings (SSSR count). The summed E-state index contributed by atoms with van der Waals surface area (Å²) in [6.45, 7) is 5.98. The minimum atomic E-state index is -0.0958. The van der Waals surface area contributed by atoms with E-state index in [1.54, 1.807) is 12.1 Å². The topological polar surface area (TPSA) is 72.1 Å². The third-order valence-corrected chi connectivity index (χ3v) is 4.28. The zero-order chi connectivity index (χ0) is 18.1. The lowest BCUT2D eigenvalue weighted by Gasteiger charge is -2.26. The number of methoxy groups -OCH3 is 2. The molecule has 1 aromatic rings. The molecular weight excluding hydrogens is 346 g/mol. The van der Waals surface area contributed by atoms with E-state index in [9.17, 15) is 4.79 Å². The Balaban J connectivity index is 1.72. The number of carbonyl (C=O) groups excluding carboxylic acids is 1. The zero-order valence-electron chi connectivity index (χ0n) is 14.8. The van der Waals surface area contributed by atoms with Gasteiger partial charge in [0.25, 0.3) is 0 Å². The normalized spacial score (nSPS) is 15.0. The van der Waals surface area contributed by atoms with Crippen molar-refractivity contribution in [2.45, 2.75) is 6.42 Å². The summed E-state index contributed by atoms with van der Waals surface area (Å²) < 4.78 is 15.7. The number of amides is 1. The van der Waals surface area contributed by atoms with Crippen molar-refractivity contribution in [2.24, 2.45) is 0 Å². The third-order valence-electron chi connectivity index (χ3n) is 3.99. The number of morpholine rings is 1. The van der Waals surface area contributed by atoms with Gasteiger partial charge >= 0.3 is 0 Å². The second-order valence-corrected chi connectivity index (χ2v) is 6.10. The first-order valence-electron chi connectivity index (χ1n) is 8.36. The van der Waals surface area contributed by atoms with Crippen LogP contribution in [0.1, 0.15) is 6.42 Å². The first-order valence-corrected chi connectivity index (χ1v) is 8.74. The summed E-state index contributed by atoms with van der Waals surface area (Å²) in [4.78, 5) is 14.5. The SMILES string of the molecule is COc1cc(NC(=O)CCNCCN2CCOCC2)c(OC)cc1Cl. The van der Waals surface area contributed by atoms with Crippen LogP contribution in [0.25, 0.3) is 0 Å². The van der Waals surface area contributed by atoms with Gasteiger partial charge in [-0.2, -0.15) is 0 Å². The fourth-order valence-electron chi connectivity index (χ4n) is 2.56. The molecule has 25 heavy (non-hydrogen) atoms. The molecule has 1 saturated heterocycles. The second-order valence-electron chi connectivity index (χ2n) is 5.69. The number of hydrogen-bond acceptors (Lipinski definition) is 6. The highest BCUT2D eigenvalue weighted by molar-refractivity contribution is 6.32. The molecule has 0 spiro atoms. The van der Waals surface area contributed by atoms with Crippen molar-refractivity contribution >= 4 is 23.2 Å². The van der Waals surface area contributed by atoms with E-state index < -0.39 is 0 Å². The molecule has 0 radical (unpaired) electrons. The molecule has 1 heterocycles. The van der Waals surface area contributed by atoms with Crippen LogP contribution in [-0.4, -0.2) is 71.0 Å². The fraction of sp³-hybridized carbons (Fsp3) is 0.588.